The molecule has 104 valence electrons. The van der Waals surface area contributed by atoms with Gasteiger partial charge in [-0.25, -0.2) is 4.39 Å². The van der Waals surface area contributed by atoms with Gasteiger partial charge in [-0.15, -0.1) is 0 Å². The second-order valence-corrected chi connectivity index (χ2v) is 5.85. The molecule has 1 N–H and O–H groups in total. The Hall–Kier alpha value is -0.940. The summed E-state index contributed by atoms with van der Waals surface area (Å²) in [5.74, 6) is 0.0179. The van der Waals surface area contributed by atoms with Crippen LogP contribution in [0.5, 0.6) is 0 Å². The van der Waals surface area contributed by atoms with Crippen molar-refractivity contribution in [2.45, 2.75) is 12.8 Å². The lowest BCUT2D eigenvalue weighted by atomic mass is 10.1. The molecule has 2 rings (SSSR count). The first-order valence-electron chi connectivity index (χ1n) is 6.47. The van der Waals surface area contributed by atoms with Crippen molar-refractivity contribution >= 4 is 21.8 Å². The number of benzene rings is 1. The Balaban J connectivity index is 1.90. The fourth-order valence-electron chi connectivity index (χ4n) is 2.31. The second-order valence-electron chi connectivity index (χ2n) is 4.94. The zero-order chi connectivity index (χ0) is 13.8. The number of likely N-dealkylation sites (N-methyl/N-ethyl adjacent to an activating group) is 1. The minimum Gasteiger partial charge on any atom is -0.345 e. The Labute approximate surface area is 121 Å². The number of nitrogens with zero attached hydrogens (tertiary/aromatic N) is 1. The molecular formula is C14H18BrFN2O. The molecule has 1 aliphatic heterocycles. The molecule has 0 bridgehead atoms. The molecule has 1 atom stereocenters. The van der Waals surface area contributed by atoms with E-state index >= 15 is 0 Å². The van der Waals surface area contributed by atoms with Gasteiger partial charge < -0.3 is 10.2 Å². The van der Waals surface area contributed by atoms with Gasteiger partial charge >= 0.3 is 0 Å². The molecule has 0 radical (unpaired) electrons. The van der Waals surface area contributed by atoms with Gasteiger partial charge in [0.2, 0.25) is 5.91 Å². The molecule has 19 heavy (non-hydrogen) atoms. The van der Waals surface area contributed by atoms with Crippen molar-refractivity contribution in [3.05, 3.63) is 34.1 Å². The first kappa shape index (κ1) is 14.5. The van der Waals surface area contributed by atoms with E-state index in [1.54, 1.807) is 24.1 Å². The molecule has 1 saturated heterocycles. The van der Waals surface area contributed by atoms with Gasteiger partial charge in [-0.1, -0.05) is 15.9 Å². The summed E-state index contributed by atoms with van der Waals surface area (Å²) >= 11 is 3.33. The number of hydrogen-bond donors (Lipinski definition) is 1. The van der Waals surface area contributed by atoms with Crippen molar-refractivity contribution in [1.29, 1.82) is 0 Å². The number of carbonyl (C=O) groups is 1. The summed E-state index contributed by atoms with van der Waals surface area (Å²) in [6.45, 7) is 2.21. The Morgan fingerprint density at radius 1 is 1.58 bits per heavy atom. The van der Waals surface area contributed by atoms with E-state index < -0.39 is 0 Å². The molecule has 1 aromatic carbocycles. The maximum absolute atomic E-state index is 13.6. The average Bonchev–Trinajstić information content (AvgIpc) is 2.92. The van der Waals surface area contributed by atoms with Crippen LogP contribution in [0.4, 0.5) is 4.39 Å². The Bertz CT molecular complexity index is 461. The van der Waals surface area contributed by atoms with Crippen molar-refractivity contribution < 1.29 is 9.18 Å². The normalized spacial score (nSPS) is 18.6. The van der Waals surface area contributed by atoms with Crippen LogP contribution in [-0.4, -0.2) is 37.5 Å². The minimum atomic E-state index is -0.216. The predicted molar refractivity (Wildman–Crippen MR) is 76.4 cm³/mol. The molecule has 0 aliphatic carbocycles. The summed E-state index contributed by atoms with van der Waals surface area (Å²) < 4.78 is 14.4. The largest absolute Gasteiger partial charge is 0.345 e. The highest BCUT2D eigenvalue weighted by Crippen LogP contribution is 2.17. The lowest BCUT2D eigenvalue weighted by Gasteiger charge is -2.20. The first-order valence-corrected chi connectivity index (χ1v) is 7.27. The van der Waals surface area contributed by atoms with Gasteiger partial charge in [0, 0.05) is 24.6 Å². The maximum atomic E-state index is 13.6. The summed E-state index contributed by atoms with van der Waals surface area (Å²) in [4.78, 5) is 13.8. The highest BCUT2D eigenvalue weighted by Gasteiger charge is 2.25. The lowest BCUT2D eigenvalue weighted by Crippen LogP contribution is -2.35. The lowest BCUT2D eigenvalue weighted by molar-refractivity contribution is -0.133. The van der Waals surface area contributed by atoms with Gasteiger partial charge in [0.25, 0.3) is 0 Å². The van der Waals surface area contributed by atoms with Gasteiger partial charge in [0.05, 0.1) is 5.92 Å². The van der Waals surface area contributed by atoms with E-state index in [0.29, 0.717) is 18.5 Å². The van der Waals surface area contributed by atoms with Crippen LogP contribution in [0.25, 0.3) is 0 Å². The molecule has 0 spiro atoms. The smallest absolute Gasteiger partial charge is 0.226 e. The number of hydrogen-bond acceptors (Lipinski definition) is 2. The third kappa shape index (κ3) is 3.76. The summed E-state index contributed by atoms with van der Waals surface area (Å²) in [7, 11) is 1.79. The molecule has 0 aromatic heterocycles. The number of carbonyl (C=O) groups excluding carboxylic acids is 1. The molecule has 1 aliphatic rings. The van der Waals surface area contributed by atoms with Crippen molar-refractivity contribution in [3.63, 3.8) is 0 Å². The van der Waals surface area contributed by atoms with Gasteiger partial charge in [-0.3, -0.25) is 4.79 Å². The van der Waals surface area contributed by atoms with E-state index in [9.17, 15) is 9.18 Å². The van der Waals surface area contributed by atoms with Crippen LogP contribution < -0.4 is 5.32 Å². The topological polar surface area (TPSA) is 32.3 Å². The van der Waals surface area contributed by atoms with E-state index in [2.05, 4.69) is 21.2 Å². The molecule has 1 unspecified atom stereocenters. The first-order chi connectivity index (χ1) is 9.08. The summed E-state index contributed by atoms with van der Waals surface area (Å²) in [6.07, 6.45) is 1.43. The number of rotatable bonds is 4. The summed E-state index contributed by atoms with van der Waals surface area (Å²) in [5, 5.41) is 3.18. The Kier molecular flexibility index (Phi) is 4.93. The van der Waals surface area contributed by atoms with Gasteiger partial charge in [0.1, 0.15) is 5.82 Å². The van der Waals surface area contributed by atoms with Crippen LogP contribution in [0.1, 0.15) is 12.0 Å². The van der Waals surface area contributed by atoms with E-state index in [0.717, 1.165) is 24.0 Å². The molecule has 1 amide bonds. The van der Waals surface area contributed by atoms with Crippen LogP contribution in [0.3, 0.4) is 0 Å². The molecule has 1 aromatic rings. The fraction of sp³-hybridized carbons (Fsp3) is 0.500. The zero-order valence-electron chi connectivity index (χ0n) is 11.0. The van der Waals surface area contributed by atoms with Crippen LogP contribution in [-0.2, 0) is 11.2 Å². The van der Waals surface area contributed by atoms with Crippen molar-refractivity contribution in [3.8, 4) is 0 Å². The van der Waals surface area contributed by atoms with E-state index in [1.807, 2.05) is 0 Å². The number of halogens is 2. The standard InChI is InChI=1S/C14H18BrFN2O/c1-18(14(19)11-4-6-17-9-11)7-5-10-8-12(15)2-3-13(10)16/h2-3,8,11,17H,4-7,9H2,1H3. The Morgan fingerprint density at radius 2 is 2.37 bits per heavy atom. The highest BCUT2D eigenvalue weighted by atomic mass is 79.9. The quantitative estimate of drug-likeness (QED) is 0.919. The summed E-state index contributed by atoms with van der Waals surface area (Å²) in [6, 6.07) is 4.89. The molecule has 3 nitrogen and oxygen atoms in total. The molecule has 1 heterocycles. The van der Waals surface area contributed by atoms with Crippen LogP contribution >= 0.6 is 15.9 Å². The van der Waals surface area contributed by atoms with Crippen LogP contribution in [0.15, 0.2) is 22.7 Å². The third-order valence-electron chi connectivity index (χ3n) is 3.51. The SMILES string of the molecule is CN(CCc1cc(Br)ccc1F)C(=O)C1CCNC1. The van der Waals surface area contributed by atoms with Gasteiger partial charge in [-0.05, 0) is 43.1 Å². The highest BCUT2D eigenvalue weighted by molar-refractivity contribution is 9.10. The maximum Gasteiger partial charge on any atom is 0.226 e. The van der Waals surface area contributed by atoms with E-state index in [4.69, 9.17) is 0 Å². The van der Waals surface area contributed by atoms with Gasteiger partial charge in [-0.2, -0.15) is 0 Å². The monoisotopic (exact) mass is 328 g/mol. The van der Waals surface area contributed by atoms with E-state index in [-0.39, 0.29) is 17.6 Å². The fourth-order valence-corrected chi connectivity index (χ4v) is 2.72. The minimum absolute atomic E-state index is 0.0809. The number of nitrogens with one attached hydrogen (secondary N) is 1. The van der Waals surface area contributed by atoms with Crippen molar-refractivity contribution in [1.82, 2.24) is 10.2 Å². The third-order valence-corrected chi connectivity index (χ3v) is 4.00. The second kappa shape index (κ2) is 6.48. The molecule has 5 heteroatoms. The van der Waals surface area contributed by atoms with Gasteiger partial charge in [0.15, 0.2) is 0 Å². The molecular weight excluding hydrogens is 311 g/mol. The van der Waals surface area contributed by atoms with Crippen molar-refractivity contribution in [2.75, 3.05) is 26.7 Å². The predicted octanol–water partition coefficient (Wildman–Crippen LogP) is 2.20. The van der Waals surface area contributed by atoms with Crippen molar-refractivity contribution in [2.24, 2.45) is 5.92 Å². The van der Waals surface area contributed by atoms with Crippen LogP contribution in [0, 0.1) is 11.7 Å². The van der Waals surface area contributed by atoms with Crippen LogP contribution in [0.2, 0.25) is 0 Å². The number of amides is 1. The molecule has 1 fully saturated rings. The summed E-state index contributed by atoms with van der Waals surface area (Å²) in [5.41, 5.74) is 0.638. The zero-order valence-corrected chi connectivity index (χ0v) is 12.5. The van der Waals surface area contributed by atoms with E-state index in [1.165, 1.54) is 6.07 Å². The molecule has 0 saturated carbocycles. The Morgan fingerprint density at radius 3 is 3.05 bits per heavy atom. The average molecular weight is 329 g/mol.